The molecule has 2 aliphatic rings. The zero-order valence-corrected chi connectivity index (χ0v) is 11.8. The quantitative estimate of drug-likeness (QED) is 0.732. The molecule has 0 radical (unpaired) electrons. The molecule has 1 saturated heterocycles. The van der Waals surface area contributed by atoms with E-state index in [0.29, 0.717) is 6.04 Å². The molecular formula is C18H25N. The van der Waals surface area contributed by atoms with Crippen LogP contribution in [0.15, 0.2) is 42.5 Å². The van der Waals surface area contributed by atoms with Gasteiger partial charge in [-0.25, -0.2) is 0 Å². The van der Waals surface area contributed by atoms with Crippen LogP contribution in [-0.4, -0.2) is 23.5 Å². The zero-order valence-electron chi connectivity index (χ0n) is 11.8. The summed E-state index contributed by atoms with van der Waals surface area (Å²) in [4.78, 5) is 2.78. The van der Waals surface area contributed by atoms with E-state index in [1.54, 1.807) is 0 Å². The summed E-state index contributed by atoms with van der Waals surface area (Å²) in [5.41, 5.74) is 1.50. The molecule has 1 fully saturated rings. The highest BCUT2D eigenvalue weighted by Gasteiger charge is 2.27. The molecule has 0 aromatic heterocycles. The van der Waals surface area contributed by atoms with Gasteiger partial charge in [-0.2, -0.15) is 0 Å². The Balaban J connectivity index is 1.70. The van der Waals surface area contributed by atoms with E-state index in [1.807, 2.05) is 0 Å². The number of piperidine rings is 1. The van der Waals surface area contributed by atoms with E-state index < -0.39 is 0 Å². The lowest BCUT2D eigenvalue weighted by atomic mass is 9.91. The molecule has 0 N–H and O–H groups in total. The molecule has 0 bridgehead atoms. The van der Waals surface area contributed by atoms with Crippen LogP contribution in [0.2, 0.25) is 0 Å². The SMILES string of the molecule is C1=CC(N2CCCCC2Cc2ccccc2)CCC1. The minimum Gasteiger partial charge on any atom is -0.294 e. The second-order valence-electron chi connectivity index (χ2n) is 6.00. The van der Waals surface area contributed by atoms with E-state index in [2.05, 4.69) is 47.4 Å². The highest BCUT2D eigenvalue weighted by atomic mass is 15.2. The van der Waals surface area contributed by atoms with Crippen LogP contribution < -0.4 is 0 Å². The monoisotopic (exact) mass is 255 g/mol. The van der Waals surface area contributed by atoms with Gasteiger partial charge in [0.15, 0.2) is 0 Å². The number of rotatable bonds is 3. The first-order chi connectivity index (χ1) is 9.43. The largest absolute Gasteiger partial charge is 0.294 e. The fraction of sp³-hybridized carbons (Fsp3) is 0.556. The van der Waals surface area contributed by atoms with Crippen LogP contribution in [0.3, 0.4) is 0 Å². The predicted molar refractivity (Wildman–Crippen MR) is 81.3 cm³/mol. The maximum atomic E-state index is 2.78. The first-order valence-corrected chi connectivity index (χ1v) is 7.90. The molecule has 1 aliphatic carbocycles. The van der Waals surface area contributed by atoms with Crippen molar-refractivity contribution in [1.82, 2.24) is 4.90 Å². The summed E-state index contributed by atoms with van der Waals surface area (Å²) >= 11 is 0. The molecule has 0 saturated carbocycles. The average molecular weight is 255 g/mol. The van der Waals surface area contributed by atoms with Crippen LogP contribution in [0.1, 0.15) is 44.1 Å². The predicted octanol–water partition coefficient (Wildman–Crippen LogP) is 4.19. The average Bonchev–Trinajstić information content (AvgIpc) is 2.50. The standard InChI is InChI=1S/C18H25N/c1-3-9-16(10-4-1)15-18-13-7-8-14-19(18)17-11-5-2-6-12-17/h1,3-5,9-11,17-18H,2,6-8,12-15H2. The molecule has 102 valence electrons. The number of hydrogen-bond donors (Lipinski definition) is 0. The number of benzene rings is 1. The summed E-state index contributed by atoms with van der Waals surface area (Å²) in [7, 11) is 0. The molecular weight excluding hydrogens is 230 g/mol. The third-order valence-electron chi connectivity index (χ3n) is 4.64. The van der Waals surface area contributed by atoms with Crippen molar-refractivity contribution >= 4 is 0 Å². The molecule has 19 heavy (non-hydrogen) atoms. The fourth-order valence-corrected chi connectivity index (χ4v) is 3.64. The summed E-state index contributed by atoms with van der Waals surface area (Å²) < 4.78 is 0. The number of nitrogens with zero attached hydrogens (tertiary/aromatic N) is 1. The van der Waals surface area contributed by atoms with Gasteiger partial charge in [0.1, 0.15) is 0 Å². The second kappa shape index (κ2) is 6.38. The van der Waals surface area contributed by atoms with E-state index in [4.69, 9.17) is 0 Å². The zero-order chi connectivity index (χ0) is 12.9. The molecule has 0 spiro atoms. The van der Waals surface area contributed by atoms with E-state index >= 15 is 0 Å². The van der Waals surface area contributed by atoms with Gasteiger partial charge in [-0.3, -0.25) is 4.90 Å². The smallest absolute Gasteiger partial charge is 0.0281 e. The van der Waals surface area contributed by atoms with Crippen molar-refractivity contribution in [2.24, 2.45) is 0 Å². The van der Waals surface area contributed by atoms with Crippen LogP contribution >= 0.6 is 0 Å². The maximum Gasteiger partial charge on any atom is 0.0281 e. The molecule has 1 aliphatic heterocycles. The minimum absolute atomic E-state index is 0.711. The van der Waals surface area contributed by atoms with Crippen LogP contribution in [0, 0.1) is 0 Å². The molecule has 2 atom stereocenters. The lowest BCUT2D eigenvalue weighted by Crippen LogP contribution is -2.47. The van der Waals surface area contributed by atoms with Crippen molar-refractivity contribution in [3.8, 4) is 0 Å². The highest BCUT2D eigenvalue weighted by molar-refractivity contribution is 5.16. The minimum atomic E-state index is 0.711. The molecule has 2 unspecified atom stereocenters. The lowest BCUT2D eigenvalue weighted by molar-refractivity contribution is 0.108. The fourth-order valence-electron chi connectivity index (χ4n) is 3.64. The Labute approximate surface area is 117 Å². The van der Waals surface area contributed by atoms with Gasteiger partial charge in [-0.15, -0.1) is 0 Å². The van der Waals surface area contributed by atoms with Crippen molar-refractivity contribution in [2.75, 3.05) is 6.54 Å². The summed E-state index contributed by atoms with van der Waals surface area (Å²) in [5.74, 6) is 0. The number of likely N-dealkylation sites (tertiary alicyclic amines) is 1. The topological polar surface area (TPSA) is 3.24 Å². The number of hydrogen-bond acceptors (Lipinski definition) is 1. The summed E-state index contributed by atoms with van der Waals surface area (Å²) in [6.45, 7) is 1.30. The Morgan fingerprint density at radius 3 is 2.68 bits per heavy atom. The molecule has 1 aromatic carbocycles. The third-order valence-corrected chi connectivity index (χ3v) is 4.64. The van der Waals surface area contributed by atoms with Gasteiger partial charge in [-0.05, 0) is 50.6 Å². The van der Waals surface area contributed by atoms with E-state index in [0.717, 1.165) is 6.04 Å². The Kier molecular flexibility index (Phi) is 4.34. The molecule has 0 amide bonds. The van der Waals surface area contributed by atoms with Crippen molar-refractivity contribution in [1.29, 1.82) is 0 Å². The van der Waals surface area contributed by atoms with E-state index in [-0.39, 0.29) is 0 Å². The Hall–Kier alpha value is -1.08. The van der Waals surface area contributed by atoms with Crippen molar-refractivity contribution in [2.45, 2.75) is 57.0 Å². The van der Waals surface area contributed by atoms with Gasteiger partial charge < -0.3 is 0 Å². The molecule has 1 aromatic rings. The van der Waals surface area contributed by atoms with Gasteiger partial charge >= 0.3 is 0 Å². The van der Waals surface area contributed by atoms with E-state index in [1.165, 1.54) is 57.1 Å². The molecule has 1 heterocycles. The first-order valence-electron chi connectivity index (χ1n) is 7.90. The van der Waals surface area contributed by atoms with E-state index in [9.17, 15) is 0 Å². The van der Waals surface area contributed by atoms with Crippen LogP contribution in [-0.2, 0) is 6.42 Å². The van der Waals surface area contributed by atoms with Crippen molar-refractivity contribution in [3.05, 3.63) is 48.0 Å². The van der Waals surface area contributed by atoms with Crippen molar-refractivity contribution < 1.29 is 0 Å². The Bertz CT molecular complexity index is 409. The summed E-state index contributed by atoms with van der Waals surface area (Å²) in [6.07, 6.45) is 14.3. The van der Waals surface area contributed by atoms with Gasteiger partial charge in [0.05, 0.1) is 0 Å². The summed E-state index contributed by atoms with van der Waals surface area (Å²) in [5, 5.41) is 0. The van der Waals surface area contributed by atoms with Gasteiger partial charge in [-0.1, -0.05) is 48.9 Å². The van der Waals surface area contributed by atoms with Crippen LogP contribution in [0.5, 0.6) is 0 Å². The van der Waals surface area contributed by atoms with Gasteiger partial charge in [0, 0.05) is 12.1 Å². The maximum absolute atomic E-state index is 2.78. The second-order valence-corrected chi connectivity index (χ2v) is 6.00. The lowest BCUT2D eigenvalue weighted by Gasteiger charge is -2.41. The van der Waals surface area contributed by atoms with Gasteiger partial charge in [0.25, 0.3) is 0 Å². The Morgan fingerprint density at radius 1 is 1.00 bits per heavy atom. The summed E-state index contributed by atoms with van der Waals surface area (Å²) in [6, 6.07) is 12.5. The molecule has 1 nitrogen and oxygen atoms in total. The normalized spacial score (nSPS) is 28.4. The number of allylic oxidation sites excluding steroid dienone is 1. The van der Waals surface area contributed by atoms with Gasteiger partial charge in [0.2, 0.25) is 0 Å². The first kappa shape index (κ1) is 12.9. The molecule has 1 heteroatoms. The third kappa shape index (κ3) is 3.27. The highest BCUT2D eigenvalue weighted by Crippen LogP contribution is 2.27. The van der Waals surface area contributed by atoms with Crippen LogP contribution in [0.4, 0.5) is 0 Å². The Morgan fingerprint density at radius 2 is 1.89 bits per heavy atom. The van der Waals surface area contributed by atoms with Crippen molar-refractivity contribution in [3.63, 3.8) is 0 Å². The van der Waals surface area contributed by atoms with Crippen LogP contribution in [0.25, 0.3) is 0 Å². The molecule has 3 rings (SSSR count).